The van der Waals surface area contributed by atoms with Gasteiger partial charge in [0.1, 0.15) is 16.5 Å². The molecule has 168 valence electrons. The van der Waals surface area contributed by atoms with Crippen molar-refractivity contribution in [1.82, 2.24) is 25.2 Å². The van der Waals surface area contributed by atoms with E-state index in [-0.39, 0.29) is 5.91 Å². The summed E-state index contributed by atoms with van der Waals surface area (Å²) < 4.78 is 5.47. The molecule has 1 aliphatic heterocycles. The van der Waals surface area contributed by atoms with E-state index in [0.29, 0.717) is 18.8 Å². The molecule has 1 fully saturated rings. The van der Waals surface area contributed by atoms with Crippen LogP contribution in [0.2, 0.25) is 0 Å². The van der Waals surface area contributed by atoms with Crippen LogP contribution < -0.4 is 15.0 Å². The molecule has 9 heteroatoms. The van der Waals surface area contributed by atoms with E-state index in [4.69, 9.17) is 4.74 Å². The van der Waals surface area contributed by atoms with Gasteiger partial charge in [-0.05, 0) is 50.2 Å². The summed E-state index contributed by atoms with van der Waals surface area (Å²) in [5.74, 6) is 1.51. The Hall–Kier alpha value is -3.04. The zero-order chi connectivity index (χ0) is 22.2. The van der Waals surface area contributed by atoms with Crippen LogP contribution in [0, 0.1) is 0 Å². The Labute approximate surface area is 192 Å². The van der Waals surface area contributed by atoms with Crippen molar-refractivity contribution in [2.75, 3.05) is 50.8 Å². The van der Waals surface area contributed by atoms with E-state index >= 15 is 0 Å². The quantitative estimate of drug-likeness (QED) is 0.500. The first-order valence-electron chi connectivity index (χ1n) is 10.9. The van der Waals surface area contributed by atoms with Crippen molar-refractivity contribution in [2.45, 2.75) is 13.3 Å². The maximum Gasteiger partial charge on any atom is 0.270 e. The molecule has 0 aliphatic carbocycles. The minimum atomic E-state index is -0.121. The highest BCUT2D eigenvalue weighted by Gasteiger charge is 2.18. The molecule has 0 atom stereocenters. The number of hydrogen-bond donors (Lipinski definition) is 1. The van der Waals surface area contributed by atoms with Crippen LogP contribution in [0.3, 0.4) is 0 Å². The molecule has 1 N–H and O–H groups in total. The minimum Gasteiger partial charge on any atom is -0.494 e. The minimum absolute atomic E-state index is 0.121. The summed E-state index contributed by atoms with van der Waals surface area (Å²) in [6.07, 6.45) is 4.46. The zero-order valence-corrected chi connectivity index (χ0v) is 19.1. The van der Waals surface area contributed by atoms with E-state index in [2.05, 4.69) is 30.1 Å². The number of benzene rings is 1. The molecule has 3 aromatic rings. The normalized spacial score (nSPS) is 14.3. The molecule has 0 radical (unpaired) electrons. The fourth-order valence-electron chi connectivity index (χ4n) is 3.59. The third kappa shape index (κ3) is 5.80. The van der Waals surface area contributed by atoms with Crippen LogP contribution in [0.25, 0.3) is 10.6 Å². The molecule has 1 amide bonds. The third-order valence-electron chi connectivity index (χ3n) is 5.29. The summed E-state index contributed by atoms with van der Waals surface area (Å²) >= 11 is 1.47. The summed E-state index contributed by atoms with van der Waals surface area (Å²) in [5, 5.41) is 5.64. The number of hydrogen-bond acceptors (Lipinski definition) is 8. The average Bonchev–Trinajstić information content (AvgIpc) is 3.34. The van der Waals surface area contributed by atoms with Gasteiger partial charge in [-0.15, -0.1) is 11.3 Å². The summed E-state index contributed by atoms with van der Waals surface area (Å²) in [7, 11) is 0. The van der Waals surface area contributed by atoms with E-state index in [1.54, 1.807) is 12.4 Å². The highest BCUT2D eigenvalue weighted by atomic mass is 32.1. The lowest BCUT2D eigenvalue weighted by molar-refractivity contribution is 0.0947. The van der Waals surface area contributed by atoms with E-state index in [9.17, 15) is 4.79 Å². The summed E-state index contributed by atoms with van der Waals surface area (Å²) in [6.45, 7) is 7.98. The Morgan fingerprint density at radius 1 is 1.12 bits per heavy atom. The number of rotatable bonds is 9. The van der Waals surface area contributed by atoms with Gasteiger partial charge in [0.25, 0.3) is 5.91 Å². The Balaban J connectivity index is 1.17. The van der Waals surface area contributed by atoms with Crippen molar-refractivity contribution in [3.05, 3.63) is 53.8 Å². The molecule has 4 rings (SSSR count). The molecule has 1 saturated heterocycles. The molecular formula is C23H28N6O2S. The number of anilines is 1. The Morgan fingerprint density at radius 3 is 2.59 bits per heavy atom. The monoisotopic (exact) mass is 452 g/mol. The second kappa shape index (κ2) is 11.0. The Bertz CT molecular complexity index is 987. The van der Waals surface area contributed by atoms with Gasteiger partial charge in [-0.1, -0.05) is 0 Å². The molecule has 32 heavy (non-hydrogen) atoms. The smallest absolute Gasteiger partial charge is 0.270 e. The van der Waals surface area contributed by atoms with Gasteiger partial charge in [0.2, 0.25) is 5.95 Å². The van der Waals surface area contributed by atoms with Crippen molar-refractivity contribution in [3.8, 4) is 16.3 Å². The Kier molecular flexibility index (Phi) is 7.63. The summed E-state index contributed by atoms with van der Waals surface area (Å²) in [5.41, 5.74) is 1.45. The van der Waals surface area contributed by atoms with Gasteiger partial charge in [0.05, 0.1) is 6.61 Å². The highest BCUT2D eigenvalue weighted by molar-refractivity contribution is 7.13. The van der Waals surface area contributed by atoms with Crippen molar-refractivity contribution < 1.29 is 9.53 Å². The van der Waals surface area contributed by atoms with Crippen molar-refractivity contribution in [2.24, 2.45) is 0 Å². The number of thiazole rings is 1. The molecule has 3 heterocycles. The van der Waals surface area contributed by atoms with Gasteiger partial charge in [-0.3, -0.25) is 9.69 Å². The van der Waals surface area contributed by atoms with Gasteiger partial charge in [-0.2, -0.15) is 0 Å². The average molecular weight is 453 g/mol. The van der Waals surface area contributed by atoms with Gasteiger partial charge < -0.3 is 15.0 Å². The number of ether oxygens (including phenoxy) is 1. The molecular weight excluding hydrogens is 424 g/mol. The fraction of sp³-hybridized carbons (Fsp3) is 0.391. The molecule has 0 unspecified atom stereocenters. The van der Waals surface area contributed by atoms with Crippen molar-refractivity contribution in [1.29, 1.82) is 0 Å². The predicted molar refractivity (Wildman–Crippen MR) is 126 cm³/mol. The first-order valence-corrected chi connectivity index (χ1v) is 11.8. The molecule has 8 nitrogen and oxygen atoms in total. The lowest BCUT2D eigenvalue weighted by Crippen LogP contribution is -2.47. The van der Waals surface area contributed by atoms with Crippen LogP contribution in [-0.2, 0) is 0 Å². The molecule has 0 bridgehead atoms. The van der Waals surface area contributed by atoms with Gasteiger partial charge in [-0.25, -0.2) is 15.0 Å². The van der Waals surface area contributed by atoms with E-state index in [1.165, 1.54) is 11.3 Å². The van der Waals surface area contributed by atoms with Crippen LogP contribution in [0.4, 0.5) is 5.95 Å². The standard InChI is InChI=1S/C23H28N6O2S/c1-2-31-19-7-5-18(6-8-19)22-27-20(17-32-22)21(30)24-11-4-12-28-13-15-29(16-14-28)23-25-9-3-10-26-23/h3,5-10,17H,2,4,11-16H2,1H3,(H,24,30). The maximum absolute atomic E-state index is 12.5. The Morgan fingerprint density at radius 2 is 1.88 bits per heavy atom. The molecule has 2 aromatic heterocycles. The van der Waals surface area contributed by atoms with Crippen LogP contribution in [0.15, 0.2) is 48.1 Å². The SMILES string of the molecule is CCOc1ccc(-c2nc(C(=O)NCCCN3CCN(c4ncccn4)CC3)cs2)cc1. The van der Waals surface area contributed by atoms with Crippen LogP contribution in [-0.4, -0.2) is 71.6 Å². The number of amides is 1. The van der Waals surface area contributed by atoms with Crippen molar-refractivity contribution in [3.63, 3.8) is 0 Å². The molecule has 1 aromatic carbocycles. The van der Waals surface area contributed by atoms with E-state index in [0.717, 1.165) is 61.4 Å². The number of nitrogens with zero attached hydrogens (tertiary/aromatic N) is 5. The lowest BCUT2D eigenvalue weighted by atomic mass is 10.2. The largest absolute Gasteiger partial charge is 0.494 e. The van der Waals surface area contributed by atoms with Crippen LogP contribution in [0.5, 0.6) is 5.75 Å². The molecule has 0 spiro atoms. The number of aromatic nitrogens is 3. The second-order valence-corrected chi connectivity index (χ2v) is 8.34. The lowest BCUT2D eigenvalue weighted by Gasteiger charge is -2.34. The number of carbonyl (C=O) groups excluding carboxylic acids is 1. The first-order chi connectivity index (χ1) is 15.7. The topological polar surface area (TPSA) is 83.5 Å². The van der Waals surface area contributed by atoms with Gasteiger partial charge in [0.15, 0.2) is 0 Å². The van der Waals surface area contributed by atoms with Crippen LogP contribution >= 0.6 is 11.3 Å². The first kappa shape index (κ1) is 22.2. The number of piperazine rings is 1. The number of nitrogens with one attached hydrogen (secondary N) is 1. The van der Waals surface area contributed by atoms with E-state index in [1.807, 2.05) is 42.6 Å². The van der Waals surface area contributed by atoms with Gasteiger partial charge in [0, 0.05) is 56.1 Å². The zero-order valence-electron chi connectivity index (χ0n) is 18.2. The van der Waals surface area contributed by atoms with Gasteiger partial charge >= 0.3 is 0 Å². The second-order valence-electron chi connectivity index (χ2n) is 7.48. The predicted octanol–water partition coefficient (Wildman–Crippen LogP) is 2.94. The number of carbonyl (C=O) groups is 1. The maximum atomic E-state index is 12.5. The molecule has 0 saturated carbocycles. The summed E-state index contributed by atoms with van der Waals surface area (Å²) in [4.78, 5) is 30.2. The van der Waals surface area contributed by atoms with E-state index < -0.39 is 0 Å². The van der Waals surface area contributed by atoms with Crippen molar-refractivity contribution >= 4 is 23.2 Å². The summed E-state index contributed by atoms with van der Waals surface area (Å²) in [6, 6.07) is 9.62. The van der Waals surface area contributed by atoms with Crippen LogP contribution in [0.1, 0.15) is 23.8 Å². The molecule has 1 aliphatic rings. The highest BCUT2D eigenvalue weighted by Crippen LogP contribution is 2.25. The fourth-order valence-corrected chi connectivity index (χ4v) is 4.40. The third-order valence-corrected chi connectivity index (χ3v) is 6.18.